The summed E-state index contributed by atoms with van der Waals surface area (Å²) in [6, 6.07) is 8.37. The molecule has 2 aromatic rings. The van der Waals surface area contributed by atoms with E-state index >= 15 is 0 Å². The fourth-order valence-corrected chi connectivity index (χ4v) is 1.84. The minimum atomic E-state index is -1.22. The first-order valence-corrected chi connectivity index (χ1v) is 5.53. The SMILES string of the molecule is Nc1ccccc1-c1cc(F)c(CC(=O)O)cc1F. The molecule has 0 bridgehead atoms. The van der Waals surface area contributed by atoms with Crippen molar-refractivity contribution in [1.29, 1.82) is 0 Å². The predicted octanol–water partition coefficient (Wildman–Crippen LogP) is 2.84. The number of carboxylic acid groups (broad SMARTS) is 1. The number of halogens is 2. The van der Waals surface area contributed by atoms with E-state index in [9.17, 15) is 13.6 Å². The smallest absolute Gasteiger partial charge is 0.307 e. The van der Waals surface area contributed by atoms with E-state index in [0.29, 0.717) is 11.3 Å². The Labute approximate surface area is 108 Å². The molecule has 2 rings (SSSR count). The molecule has 0 aliphatic heterocycles. The van der Waals surface area contributed by atoms with Gasteiger partial charge in [0.15, 0.2) is 0 Å². The lowest BCUT2D eigenvalue weighted by atomic mass is 10.00. The van der Waals surface area contributed by atoms with Crippen molar-refractivity contribution in [3.8, 4) is 11.1 Å². The summed E-state index contributed by atoms with van der Waals surface area (Å²) >= 11 is 0. The highest BCUT2D eigenvalue weighted by atomic mass is 19.1. The van der Waals surface area contributed by atoms with Gasteiger partial charge in [-0.15, -0.1) is 0 Å². The van der Waals surface area contributed by atoms with Crippen molar-refractivity contribution in [3.05, 3.63) is 53.6 Å². The number of hydrogen-bond acceptors (Lipinski definition) is 2. The van der Waals surface area contributed by atoms with Crippen LogP contribution in [0, 0.1) is 11.6 Å². The first-order valence-electron chi connectivity index (χ1n) is 5.53. The Morgan fingerprint density at radius 1 is 1.11 bits per heavy atom. The molecule has 19 heavy (non-hydrogen) atoms. The molecule has 98 valence electrons. The Morgan fingerprint density at radius 2 is 1.79 bits per heavy atom. The van der Waals surface area contributed by atoms with Crippen LogP contribution in [0.2, 0.25) is 0 Å². The molecule has 2 aromatic carbocycles. The average Bonchev–Trinajstić information content (AvgIpc) is 2.34. The van der Waals surface area contributed by atoms with Gasteiger partial charge in [-0.25, -0.2) is 8.78 Å². The number of aliphatic carboxylic acids is 1. The molecule has 0 radical (unpaired) electrons. The van der Waals surface area contributed by atoms with E-state index in [1.165, 1.54) is 0 Å². The average molecular weight is 263 g/mol. The van der Waals surface area contributed by atoms with Crippen LogP contribution in [-0.2, 0) is 11.2 Å². The van der Waals surface area contributed by atoms with Crippen molar-refractivity contribution in [2.45, 2.75) is 6.42 Å². The number of carboxylic acids is 1. The summed E-state index contributed by atoms with van der Waals surface area (Å²) in [5, 5.41) is 8.60. The summed E-state index contributed by atoms with van der Waals surface area (Å²) in [6.07, 6.45) is -0.562. The van der Waals surface area contributed by atoms with Gasteiger partial charge < -0.3 is 10.8 Å². The Hall–Kier alpha value is -2.43. The third kappa shape index (κ3) is 2.70. The number of nitrogens with two attached hydrogens (primary N) is 1. The highest BCUT2D eigenvalue weighted by Gasteiger charge is 2.14. The number of rotatable bonds is 3. The van der Waals surface area contributed by atoms with Crippen molar-refractivity contribution in [1.82, 2.24) is 0 Å². The Balaban J connectivity index is 2.52. The number of anilines is 1. The molecule has 0 atom stereocenters. The lowest BCUT2D eigenvalue weighted by Crippen LogP contribution is -2.04. The van der Waals surface area contributed by atoms with Crippen LogP contribution in [0.5, 0.6) is 0 Å². The standard InChI is InChI=1S/C14H11F2NO2/c15-11-7-10(9-3-1-2-4-13(9)17)12(16)5-8(11)6-14(18)19/h1-5,7H,6,17H2,(H,18,19). The Kier molecular flexibility index (Phi) is 3.46. The molecular weight excluding hydrogens is 252 g/mol. The van der Waals surface area contributed by atoms with Crippen molar-refractivity contribution < 1.29 is 18.7 Å². The van der Waals surface area contributed by atoms with Crippen LogP contribution in [0.25, 0.3) is 11.1 Å². The third-order valence-corrected chi connectivity index (χ3v) is 2.73. The fourth-order valence-electron chi connectivity index (χ4n) is 1.84. The minimum Gasteiger partial charge on any atom is -0.481 e. The predicted molar refractivity (Wildman–Crippen MR) is 67.5 cm³/mol. The van der Waals surface area contributed by atoms with Crippen LogP contribution in [0.4, 0.5) is 14.5 Å². The number of para-hydroxylation sites is 1. The number of nitrogen functional groups attached to an aromatic ring is 1. The third-order valence-electron chi connectivity index (χ3n) is 2.73. The summed E-state index contributed by atoms with van der Waals surface area (Å²) in [4.78, 5) is 10.5. The van der Waals surface area contributed by atoms with Gasteiger partial charge in [0.1, 0.15) is 11.6 Å². The quantitative estimate of drug-likeness (QED) is 0.837. The van der Waals surface area contributed by atoms with Gasteiger partial charge >= 0.3 is 5.97 Å². The van der Waals surface area contributed by atoms with Gasteiger partial charge in [-0.1, -0.05) is 18.2 Å². The maximum Gasteiger partial charge on any atom is 0.307 e. The largest absolute Gasteiger partial charge is 0.481 e. The van der Waals surface area contributed by atoms with E-state index in [4.69, 9.17) is 10.8 Å². The van der Waals surface area contributed by atoms with Crippen LogP contribution in [0.3, 0.4) is 0 Å². The zero-order chi connectivity index (χ0) is 14.0. The molecule has 5 heteroatoms. The van der Waals surface area contributed by atoms with Crippen LogP contribution in [-0.4, -0.2) is 11.1 Å². The van der Waals surface area contributed by atoms with E-state index in [1.807, 2.05) is 0 Å². The minimum absolute atomic E-state index is 0.0183. The molecule has 0 aliphatic rings. The summed E-state index contributed by atoms with van der Waals surface area (Å²) in [7, 11) is 0. The van der Waals surface area contributed by atoms with Crippen molar-refractivity contribution >= 4 is 11.7 Å². The van der Waals surface area contributed by atoms with E-state index < -0.39 is 24.0 Å². The molecular formula is C14H11F2NO2. The second-order valence-electron chi connectivity index (χ2n) is 4.08. The van der Waals surface area contributed by atoms with Crippen molar-refractivity contribution in [2.24, 2.45) is 0 Å². The molecule has 0 aromatic heterocycles. The van der Waals surface area contributed by atoms with Crippen LogP contribution >= 0.6 is 0 Å². The molecule has 0 fully saturated rings. The van der Waals surface area contributed by atoms with Crippen molar-refractivity contribution in [2.75, 3.05) is 5.73 Å². The van der Waals surface area contributed by atoms with E-state index in [-0.39, 0.29) is 11.1 Å². The highest BCUT2D eigenvalue weighted by Crippen LogP contribution is 2.29. The van der Waals surface area contributed by atoms with Gasteiger partial charge in [0.2, 0.25) is 0 Å². The van der Waals surface area contributed by atoms with Gasteiger partial charge in [0.25, 0.3) is 0 Å². The number of carbonyl (C=O) groups is 1. The van der Waals surface area contributed by atoms with E-state index in [1.54, 1.807) is 24.3 Å². The zero-order valence-electron chi connectivity index (χ0n) is 9.86. The highest BCUT2D eigenvalue weighted by molar-refractivity contribution is 5.77. The normalized spacial score (nSPS) is 10.4. The van der Waals surface area contributed by atoms with Crippen molar-refractivity contribution in [3.63, 3.8) is 0 Å². The molecule has 0 unspecified atom stereocenters. The number of benzene rings is 2. The molecule has 0 amide bonds. The topological polar surface area (TPSA) is 63.3 Å². The maximum absolute atomic E-state index is 13.9. The molecule has 3 nitrogen and oxygen atoms in total. The summed E-state index contributed by atoms with van der Waals surface area (Å²) in [5.41, 5.74) is 6.24. The number of hydrogen-bond donors (Lipinski definition) is 2. The van der Waals surface area contributed by atoms with E-state index in [0.717, 1.165) is 12.1 Å². The Bertz CT molecular complexity index is 641. The molecule has 3 N–H and O–H groups in total. The molecule has 0 heterocycles. The second kappa shape index (κ2) is 5.06. The summed E-state index contributed by atoms with van der Waals surface area (Å²) in [5.74, 6) is -2.68. The lowest BCUT2D eigenvalue weighted by molar-refractivity contribution is -0.136. The fraction of sp³-hybridized carbons (Fsp3) is 0.0714. The summed E-state index contributed by atoms with van der Waals surface area (Å²) < 4.78 is 27.7. The zero-order valence-corrected chi connectivity index (χ0v) is 9.86. The first kappa shape index (κ1) is 13.0. The first-order chi connectivity index (χ1) is 8.99. The second-order valence-corrected chi connectivity index (χ2v) is 4.08. The van der Waals surface area contributed by atoms with Gasteiger partial charge in [0, 0.05) is 22.4 Å². The van der Waals surface area contributed by atoms with E-state index in [2.05, 4.69) is 0 Å². The molecule has 0 saturated heterocycles. The molecule has 0 spiro atoms. The van der Waals surface area contributed by atoms with Crippen LogP contribution in [0.1, 0.15) is 5.56 Å². The van der Waals surface area contributed by atoms with Gasteiger partial charge in [-0.3, -0.25) is 4.79 Å². The van der Waals surface area contributed by atoms with Gasteiger partial charge in [-0.05, 0) is 18.2 Å². The van der Waals surface area contributed by atoms with Gasteiger partial charge in [-0.2, -0.15) is 0 Å². The Morgan fingerprint density at radius 3 is 2.42 bits per heavy atom. The molecule has 0 aliphatic carbocycles. The lowest BCUT2D eigenvalue weighted by Gasteiger charge is -2.09. The van der Waals surface area contributed by atoms with Crippen LogP contribution in [0.15, 0.2) is 36.4 Å². The van der Waals surface area contributed by atoms with Crippen LogP contribution < -0.4 is 5.73 Å². The monoisotopic (exact) mass is 263 g/mol. The molecule has 0 saturated carbocycles. The maximum atomic E-state index is 13.9. The summed E-state index contributed by atoms with van der Waals surface area (Å²) in [6.45, 7) is 0. The van der Waals surface area contributed by atoms with Gasteiger partial charge in [0.05, 0.1) is 6.42 Å².